The molecule has 0 aromatic carbocycles. The molecule has 100 valence electrons. The Hall–Kier alpha value is -1.23. The predicted molar refractivity (Wildman–Crippen MR) is 34.3 cm³/mol. The van der Waals surface area contributed by atoms with E-state index in [2.05, 4.69) is 19.2 Å². The predicted octanol–water partition coefficient (Wildman–Crippen LogP) is 1.92. The van der Waals surface area contributed by atoms with E-state index in [1.165, 1.54) is 0 Å². The summed E-state index contributed by atoms with van der Waals surface area (Å²) >= 11 is 0. The molecule has 0 aliphatic carbocycles. The van der Waals surface area contributed by atoms with Crippen LogP contribution < -0.4 is 0 Å². The number of carbonyl (C=O) groups excluding carboxylic acids is 1. The summed E-state index contributed by atoms with van der Waals surface area (Å²) in [6.07, 6.45) is -18.6. The van der Waals surface area contributed by atoms with Crippen molar-refractivity contribution in [3.63, 3.8) is 0 Å². The van der Waals surface area contributed by atoms with Crippen LogP contribution in [0.15, 0.2) is 0 Å². The van der Waals surface area contributed by atoms with Crippen LogP contribution in [0.3, 0.4) is 0 Å². The summed E-state index contributed by atoms with van der Waals surface area (Å²) < 4.78 is 79.5. The van der Waals surface area contributed by atoms with Gasteiger partial charge in [0.1, 0.15) is 0 Å². The molecule has 1 aliphatic rings. The normalized spacial score (nSPS) is 21.6. The second-order valence-corrected chi connectivity index (χ2v) is 2.76. The molecular formula is C6H4F6O5. The van der Waals surface area contributed by atoms with Gasteiger partial charge in [-0.25, -0.2) is 9.68 Å². The molecule has 1 fully saturated rings. The molecule has 0 aromatic heterocycles. The standard InChI is InChI=1S/C6H4F6O5/c7-5(8,9)3(6(10,11)12)17-16-2-1-14-4(13)15-2/h2-3H,1H2. The molecule has 1 heterocycles. The zero-order chi connectivity index (χ0) is 13.3. The van der Waals surface area contributed by atoms with Gasteiger partial charge in [-0.1, -0.05) is 0 Å². The molecule has 0 N–H and O–H groups in total. The van der Waals surface area contributed by atoms with E-state index in [0.29, 0.717) is 0 Å². The van der Waals surface area contributed by atoms with Gasteiger partial charge < -0.3 is 9.47 Å². The molecule has 1 rings (SSSR count). The first-order chi connectivity index (χ1) is 7.60. The molecule has 1 unspecified atom stereocenters. The van der Waals surface area contributed by atoms with Crippen LogP contribution in [0.4, 0.5) is 31.1 Å². The zero-order valence-corrected chi connectivity index (χ0v) is 7.67. The average molecular weight is 270 g/mol. The number of hydrogen-bond acceptors (Lipinski definition) is 5. The number of rotatable bonds is 3. The molecule has 0 amide bonds. The third-order valence-electron chi connectivity index (χ3n) is 1.42. The highest BCUT2D eigenvalue weighted by Gasteiger charge is 2.59. The lowest BCUT2D eigenvalue weighted by Gasteiger charge is -2.22. The maximum Gasteiger partial charge on any atom is 0.511 e. The Kier molecular flexibility index (Phi) is 3.71. The van der Waals surface area contributed by atoms with E-state index in [1.54, 1.807) is 0 Å². The van der Waals surface area contributed by atoms with Crippen LogP contribution in [0.1, 0.15) is 0 Å². The van der Waals surface area contributed by atoms with Crippen molar-refractivity contribution in [2.24, 2.45) is 0 Å². The summed E-state index contributed by atoms with van der Waals surface area (Å²) in [6.45, 7) is -0.665. The molecule has 1 saturated heterocycles. The average Bonchev–Trinajstić information content (AvgIpc) is 2.46. The summed E-state index contributed by atoms with van der Waals surface area (Å²) in [6, 6.07) is 0. The fraction of sp³-hybridized carbons (Fsp3) is 0.833. The molecule has 5 nitrogen and oxygen atoms in total. The molecule has 0 aromatic rings. The van der Waals surface area contributed by atoms with Crippen LogP contribution in [-0.4, -0.2) is 37.5 Å². The summed E-state index contributed by atoms with van der Waals surface area (Å²) in [5.41, 5.74) is 0. The van der Waals surface area contributed by atoms with Crippen molar-refractivity contribution in [2.75, 3.05) is 6.61 Å². The monoisotopic (exact) mass is 270 g/mol. The minimum atomic E-state index is -5.71. The van der Waals surface area contributed by atoms with Crippen LogP contribution in [0.5, 0.6) is 0 Å². The molecule has 0 saturated carbocycles. The number of cyclic esters (lactones) is 2. The smallest absolute Gasteiger partial charge is 0.427 e. The maximum atomic E-state index is 11.9. The highest BCUT2D eigenvalue weighted by molar-refractivity contribution is 5.61. The van der Waals surface area contributed by atoms with Gasteiger partial charge in [-0.15, -0.1) is 0 Å². The van der Waals surface area contributed by atoms with E-state index in [0.717, 1.165) is 0 Å². The third-order valence-corrected chi connectivity index (χ3v) is 1.42. The Bertz CT molecular complexity index is 272. The lowest BCUT2D eigenvalue weighted by molar-refractivity contribution is -0.460. The lowest BCUT2D eigenvalue weighted by atomic mass is 10.3. The van der Waals surface area contributed by atoms with Crippen molar-refractivity contribution in [1.29, 1.82) is 0 Å². The third kappa shape index (κ3) is 3.93. The summed E-state index contributed by atoms with van der Waals surface area (Å²) in [5.74, 6) is 0. The highest BCUT2D eigenvalue weighted by Crippen LogP contribution is 2.36. The lowest BCUT2D eigenvalue weighted by Crippen LogP contribution is -2.45. The minimum Gasteiger partial charge on any atom is -0.427 e. The van der Waals surface area contributed by atoms with Gasteiger partial charge in [0.05, 0.1) is 0 Å². The number of carbonyl (C=O) groups is 1. The minimum absolute atomic E-state index is 0.665. The Labute approximate surface area is 89.1 Å². The summed E-state index contributed by atoms with van der Waals surface area (Å²) in [7, 11) is 0. The van der Waals surface area contributed by atoms with Crippen LogP contribution in [0.25, 0.3) is 0 Å². The number of halogens is 6. The first kappa shape index (κ1) is 13.8. The van der Waals surface area contributed by atoms with Crippen LogP contribution in [0.2, 0.25) is 0 Å². The van der Waals surface area contributed by atoms with Gasteiger partial charge in [0, 0.05) is 0 Å². The molecular weight excluding hydrogens is 266 g/mol. The maximum absolute atomic E-state index is 11.9. The number of alkyl halides is 6. The van der Waals surface area contributed by atoms with E-state index in [4.69, 9.17) is 0 Å². The van der Waals surface area contributed by atoms with Crippen molar-refractivity contribution in [2.45, 2.75) is 24.7 Å². The fourth-order valence-corrected chi connectivity index (χ4v) is 0.771. The molecule has 11 heteroatoms. The quantitative estimate of drug-likeness (QED) is 0.339. The van der Waals surface area contributed by atoms with Gasteiger partial charge in [-0.3, -0.25) is 0 Å². The van der Waals surface area contributed by atoms with Crippen molar-refractivity contribution >= 4 is 6.16 Å². The number of ether oxygens (including phenoxy) is 2. The van der Waals surface area contributed by atoms with Gasteiger partial charge in [0.15, 0.2) is 6.61 Å². The van der Waals surface area contributed by atoms with Gasteiger partial charge in [0.25, 0.3) is 12.4 Å². The van der Waals surface area contributed by atoms with Crippen molar-refractivity contribution in [3.8, 4) is 0 Å². The van der Waals surface area contributed by atoms with E-state index >= 15 is 0 Å². The van der Waals surface area contributed by atoms with Crippen LogP contribution >= 0.6 is 0 Å². The van der Waals surface area contributed by atoms with Gasteiger partial charge in [0.2, 0.25) is 0 Å². The summed E-state index contributed by atoms with van der Waals surface area (Å²) in [4.78, 5) is 17.1. The van der Waals surface area contributed by atoms with Crippen LogP contribution in [0, 0.1) is 0 Å². The molecule has 17 heavy (non-hydrogen) atoms. The van der Waals surface area contributed by atoms with Crippen molar-refractivity contribution in [3.05, 3.63) is 0 Å². The second-order valence-electron chi connectivity index (χ2n) is 2.76. The van der Waals surface area contributed by atoms with Gasteiger partial charge in [-0.2, -0.15) is 31.2 Å². The summed E-state index contributed by atoms with van der Waals surface area (Å²) in [5, 5.41) is 0. The van der Waals surface area contributed by atoms with Crippen molar-refractivity contribution < 1.29 is 50.4 Å². The molecule has 0 bridgehead atoms. The fourth-order valence-electron chi connectivity index (χ4n) is 0.771. The topological polar surface area (TPSA) is 54.0 Å². The van der Waals surface area contributed by atoms with Crippen LogP contribution in [-0.2, 0) is 19.2 Å². The zero-order valence-electron chi connectivity index (χ0n) is 7.67. The Morgan fingerprint density at radius 1 is 1.18 bits per heavy atom. The van der Waals surface area contributed by atoms with E-state index in [-0.39, 0.29) is 0 Å². The molecule has 1 atom stereocenters. The molecule has 0 radical (unpaired) electrons. The van der Waals surface area contributed by atoms with E-state index < -0.39 is 37.5 Å². The second kappa shape index (κ2) is 4.56. The Balaban J connectivity index is 2.54. The first-order valence-corrected chi connectivity index (χ1v) is 3.89. The number of hydrogen-bond donors (Lipinski definition) is 0. The van der Waals surface area contributed by atoms with E-state index in [1.807, 2.05) is 0 Å². The molecule has 1 aliphatic heterocycles. The Morgan fingerprint density at radius 3 is 2.06 bits per heavy atom. The van der Waals surface area contributed by atoms with Gasteiger partial charge >= 0.3 is 18.5 Å². The molecule has 0 spiro atoms. The highest BCUT2D eigenvalue weighted by atomic mass is 19.4. The van der Waals surface area contributed by atoms with E-state index in [9.17, 15) is 31.1 Å². The Morgan fingerprint density at radius 2 is 1.71 bits per heavy atom. The SMILES string of the molecule is O=C1OCC(OOC(C(F)(F)F)C(F)(F)F)O1. The van der Waals surface area contributed by atoms with Crippen molar-refractivity contribution in [1.82, 2.24) is 0 Å². The largest absolute Gasteiger partial charge is 0.511 e. The van der Waals surface area contributed by atoms with Gasteiger partial charge in [-0.05, 0) is 0 Å². The first-order valence-electron chi connectivity index (χ1n) is 3.89.